The Morgan fingerprint density at radius 2 is 1.87 bits per heavy atom. The van der Waals surface area contributed by atoms with Crippen LogP contribution in [-0.2, 0) is 4.74 Å². The summed E-state index contributed by atoms with van der Waals surface area (Å²) in [6.07, 6.45) is 1.99. The van der Waals surface area contributed by atoms with Crippen molar-refractivity contribution in [2.24, 2.45) is 5.92 Å². The molecule has 1 aromatic carbocycles. The van der Waals surface area contributed by atoms with E-state index in [2.05, 4.69) is 30.7 Å². The number of carbonyl (C=O) groups is 2. The van der Waals surface area contributed by atoms with Crippen LogP contribution in [0.15, 0.2) is 35.0 Å². The number of ether oxygens (including phenoxy) is 1. The van der Waals surface area contributed by atoms with Crippen molar-refractivity contribution in [3.05, 3.63) is 47.7 Å². The molecular formula is C20H22FN5O4. The van der Waals surface area contributed by atoms with Crippen molar-refractivity contribution < 1.29 is 23.1 Å². The van der Waals surface area contributed by atoms with E-state index in [1.165, 1.54) is 31.6 Å². The van der Waals surface area contributed by atoms with Crippen LogP contribution in [0.25, 0.3) is 11.0 Å². The largest absolute Gasteiger partial charge is 0.459 e. The van der Waals surface area contributed by atoms with Gasteiger partial charge in [-0.15, -0.1) is 0 Å². The zero-order chi connectivity index (χ0) is 21.8. The van der Waals surface area contributed by atoms with Gasteiger partial charge in [0.25, 0.3) is 0 Å². The number of methoxy groups -OCH3 is 1. The standard InChI is InChI=1S/C20H22FN5O4/c1-10(2)16(17-11(3)14-7-12(21)5-6-15(14)30-17)25-19(27)24-13-8-22-18(23-9-13)26-20(28)29-4/h5-10,16H,1-4H3,(H2,24,25,27)(H,22,23,26,28)/t16-/m1/s1. The first-order chi connectivity index (χ1) is 14.3. The monoisotopic (exact) mass is 415 g/mol. The summed E-state index contributed by atoms with van der Waals surface area (Å²) in [6.45, 7) is 5.71. The lowest BCUT2D eigenvalue weighted by Crippen LogP contribution is -2.35. The van der Waals surface area contributed by atoms with Crippen LogP contribution in [0, 0.1) is 18.7 Å². The van der Waals surface area contributed by atoms with E-state index in [1.54, 1.807) is 6.07 Å². The number of hydrogen-bond donors (Lipinski definition) is 3. The number of amides is 3. The smallest absolute Gasteiger partial charge is 0.413 e. The highest BCUT2D eigenvalue weighted by Crippen LogP contribution is 2.33. The van der Waals surface area contributed by atoms with Crippen LogP contribution < -0.4 is 16.0 Å². The van der Waals surface area contributed by atoms with E-state index >= 15 is 0 Å². The SMILES string of the molecule is COC(=O)Nc1ncc(NC(=O)N[C@@H](c2oc3ccc(F)cc3c2C)C(C)C)cn1. The van der Waals surface area contributed by atoms with Crippen LogP contribution in [0.3, 0.4) is 0 Å². The summed E-state index contributed by atoms with van der Waals surface area (Å²) >= 11 is 0. The molecule has 2 aromatic heterocycles. The number of aryl methyl sites for hydroxylation is 1. The molecule has 158 valence electrons. The second-order valence-corrected chi connectivity index (χ2v) is 6.96. The Balaban J connectivity index is 1.73. The molecule has 0 saturated heterocycles. The molecule has 0 unspecified atom stereocenters. The van der Waals surface area contributed by atoms with Crippen molar-refractivity contribution in [3.63, 3.8) is 0 Å². The topological polar surface area (TPSA) is 118 Å². The second-order valence-electron chi connectivity index (χ2n) is 6.96. The fourth-order valence-corrected chi connectivity index (χ4v) is 2.95. The molecule has 0 aliphatic heterocycles. The van der Waals surface area contributed by atoms with Crippen molar-refractivity contribution in [1.29, 1.82) is 0 Å². The van der Waals surface area contributed by atoms with E-state index in [9.17, 15) is 14.0 Å². The summed E-state index contributed by atoms with van der Waals surface area (Å²) in [4.78, 5) is 31.5. The molecule has 0 fully saturated rings. The van der Waals surface area contributed by atoms with Crippen LogP contribution >= 0.6 is 0 Å². The number of hydrogen-bond acceptors (Lipinski definition) is 6. The Labute approximate surface area is 172 Å². The summed E-state index contributed by atoms with van der Waals surface area (Å²) in [6, 6.07) is 3.38. The van der Waals surface area contributed by atoms with Crippen LogP contribution in [0.4, 0.5) is 25.6 Å². The van der Waals surface area contributed by atoms with Crippen molar-refractivity contribution >= 4 is 34.7 Å². The van der Waals surface area contributed by atoms with Gasteiger partial charge in [-0.25, -0.2) is 23.9 Å². The highest BCUT2D eigenvalue weighted by atomic mass is 19.1. The quantitative estimate of drug-likeness (QED) is 0.569. The average molecular weight is 415 g/mol. The summed E-state index contributed by atoms with van der Waals surface area (Å²) < 4.78 is 24.0. The van der Waals surface area contributed by atoms with Gasteiger partial charge < -0.3 is 19.8 Å². The molecule has 0 bridgehead atoms. The first-order valence-electron chi connectivity index (χ1n) is 9.21. The number of urea groups is 1. The number of benzene rings is 1. The summed E-state index contributed by atoms with van der Waals surface area (Å²) in [5, 5.41) is 8.48. The second kappa shape index (κ2) is 8.76. The number of nitrogens with zero attached hydrogens (tertiary/aromatic N) is 2. The predicted molar refractivity (Wildman–Crippen MR) is 109 cm³/mol. The van der Waals surface area contributed by atoms with Crippen LogP contribution in [-0.4, -0.2) is 29.2 Å². The lowest BCUT2D eigenvalue weighted by molar-refractivity contribution is 0.186. The number of rotatable bonds is 5. The fraction of sp³-hybridized carbons (Fsp3) is 0.300. The van der Waals surface area contributed by atoms with Gasteiger partial charge in [-0.05, 0) is 31.0 Å². The molecule has 1 atom stereocenters. The van der Waals surface area contributed by atoms with Gasteiger partial charge in [-0.1, -0.05) is 13.8 Å². The molecule has 30 heavy (non-hydrogen) atoms. The van der Waals surface area contributed by atoms with E-state index in [0.29, 0.717) is 22.4 Å². The Hall–Kier alpha value is -3.69. The lowest BCUT2D eigenvalue weighted by Gasteiger charge is -2.21. The van der Waals surface area contributed by atoms with Gasteiger partial charge in [-0.3, -0.25) is 5.32 Å². The number of furan rings is 1. The number of halogens is 1. The first kappa shape index (κ1) is 21.0. The Morgan fingerprint density at radius 3 is 2.50 bits per heavy atom. The molecule has 3 aromatic rings. The Bertz CT molecular complexity index is 1060. The van der Waals surface area contributed by atoms with Crippen molar-refractivity contribution in [2.45, 2.75) is 26.8 Å². The summed E-state index contributed by atoms with van der Waals surface area (Å²) in [5.41, 5.74) is 1.65. The van der Waals surface area contributed by atoms with Gasteiger partial charge in [-0.2, -0.15) is 0 Å². The molecule has 3 amide bonds. The van der Waals surface area contributed by atoms with E-state index < -0.39 is 18.2 Å². The average Bonchev–Trinajstić information content (AvgIpc) is 3.03. The highest BCUT2D eigenvalue weighted by Gasteiger charge is 2.25. The Kier molecular flexibility index (Phi) is 6.14. The normalized spacial score (nSPS) is 11.9. The van der Waals surface area contributed by atoms with Gasteiger partial charge in [0, 0.05) is 10.9 Å². The number of fused-ring (bicyclic) bond motifs is 1. The Morgan fingerprint density at radius 1 is 1.17 bits per heavy atom. The molecule has 0 radical (unpaired) electrons. The van der Waals surface area contributed by atoms with Crippen LogP contribution in [0.2, 0.25) is 0 Å². The van der Waals surface area contributed by atoms with Crippen LogP contribution in [0.1, 0.15) is 31.2 Å². The van der Waals surface area contributed by atoms with E-state index in [-0.39, 0.29) is 17.7 Å². The molecule has 3 N–H and O–H groups in total. The third kappa shape index (κ3) is 4.65. The van der Waals surface area contributed by atoms with Gasteiger partial charge in [0.2, 0.25) is 5.95 Å². The maximum atomic E-state index is 13.6. The van der Waals surface area contributed by atoms with Crippen molar-refractivity contribution in [1.82, 2.24) is 15.3 Å². The minimum atomic E-state index is -0.700. The number of carbonyl (C=O) groups excluding carboxylic acids is 2. The van der Waals surface area contributed by atoms with Crippen molar-refractivity contribution in [3.8, 4) is 0 Å². The maximum absolute atomic E-state index is 13.6. The van der Waals surface area contributed by atoms with E-state index in [1.807, 2.05) is 20.8 Å². The highest BCUT2D eigenvalue weighted by molar-refractivity contribution is 5.90. The molecule has 0 spiro atoms. The molecule has 0 aliphatic rings. The summed E-state index contributed by atoms with van der Waals surface area (Å²) in [5.74, 6) is 0.255. The number of anilines is 2. The molecule has 9 nitrogen and oxygen atoms in total. The van der Waals surface area contributed by atoms with Gasteiger partial charge >= 0.3 is 12.1 Å². The maximum Gasteiger partial charge on any atom is 0.413 e. The third-order valence-corrected chi connectivity index (χ3v) is 4.48. The predicted octanol–water partition coefficient (Wildman–Crippen LogP) is 4.37. The van der Waals surface area contributed by atoms with Crippen molar-refractivity contribution in [2.75, 3.05) is 17.7 Å². The first-order valence-corrected chi connectivity index (χ1v) is 9.21. The van der Waals surface area contributed by atoms with Gasteiger partial charge in [0.05, 0.1) is 31.2 Å². The van der Waals surface area contributed by atoms with E-state index in [4.69, 9.17) is 4.42 Å². The molecule has 0 aliphatic carbocycles. The van der Waals surface area contributed by atoms with E-state index in [0.717, 1.165) is 5.56 Å². The third-order valence-electron chi connectivity index (χ3n) is 4.48. The molecule has 10 heteroatoms. The number of aromatic nitrogens is 2. The zero-order valence-electron chi connectivity index (χ0n) is 16.9. The lowest BCUT2D eigenvalue weighted by atomic mass is 9.98. The molecular weight excluding hydrogens is 393 g/mol. The zero-order valence-corrected chi connectivity index (χ0v) is 16.9. The van der Waals surface area contributed by atoms with Crippen LogP contribution in [0.5, 0.6) is 0 Å². The van der Waals surface area contributed by atoms with Gasteiger partial charge in [0.1, 0.15) is 17.2 Å². The fourth-order valence-electron chi connectivity index (χ4n) is 2.95. The number of nitrogens with one attached hydrogen (secondary N) is 3. The molecule has 3 rings (SSSR count). The minimum absolute atomic E-state index is 0.00254. The minimum Gasteiger partial charge on any atom is -0.459 e. The molecule has 2 heterocycles. The summed E-state index contributed by atoms with van der Waals surface area (Å²) in [7, 11) is 1.22. The molecule has 0 saturated carbocycles. The van der Waals surface area contributed by atoms with Gasteiger partial charge in [0.15, 0.2) is 0 Å².